The van der Waals surface area contributed by atoms with Crippen molar-refractivity contribution in [2.24, 2.45) is 0 Å². The Bertz CT molecular complexity index is 856. The molecule has 1 unspecified atom stereocenters. The fraction of sp³-hybridized carbons (Fsp3) is 0.400. The molecule has 1 amide bonds. The minimum absolute atomic E-state index is 0.00194. The number of likely N-dealkylation sites (tertiary alicyclic amines) is 1. The van der Waals surface area contributed by atoms with E-state index in [-0.39, 0.29) is 11.9 Å². The van der Waals surface area contributed by atoms with Gasteiger partial charge in [0.25, 0.3) is 5.91 Å². The molecule has 1 fully saturated rings. The van der Waals surface area contributed by atoms with Crippen molar-refractivity contribution in [2.75, 3.05) is 20.1 Å². The van der Waals surface area contributed by atoms with Crippen LogP contribution >= 0.6 is 22.7 Å². The van der Waals surface area contributed by atoms with Crippen LogP contribution in [0.4, 0.5) is 0 Å². The van der Waals surface area contributed by atoms with Crippen molar-refractivity contribution in [3.63, 3.8) is 0 Å². The summed E-state index contributed by atoms with van der Waals surface area (Å²) in [5.41, 5.74) is 1.02. The highest BCUT2D eigenvalue weighted by atomic mass is 32.1. The molecule has 4 rings (SSSR count). The number of aromatic nitrogens is 1. The molecule has 2 aromatic heterocycles. The van der Waals surface area contributed by atoms with E-state index in [1.807, 2.05) is 41.5 Å². The smallest absolute Gasteiger partial charge is 0.278 e. The normalized spacial score (nSPS) is 21.2. The van der Waals surface area contributed by atoms with Crippen LogP contribution in [-0.2, 0) is 4.79 Å². The third kappa shape index (κ3) is 3.41. The fourth-order valence-electron chi connectivity index (χ4n) is 3.73. The summed E-state index contributed by atoms with van der Waals surface area (Å²) >= 11 is 3.49. The van der Waals surface area contributed by atoms with E-state index in [0.29, 0.717) is 12.6 Å². The Morgan fingerprint density at radius 2 is 2.19 bits per heavy atom. The van der Waals surface area contributed by atoms with E-state index < -0.39 is 0 Å². The second-order valence-corrected chi connectivity index (χ2v) is 9.04. The maximum absolute atomic E-state index is 12.9. The number of nitrogens with zero attached hydrogens (tertiary/aromatic N) is 2. The number of para-hydroxylation sites is 1. The van der Waals surface area contributed by atoms with E-state index in [0.717, 1.165) is 17.1 Å². The average Bonchev–Trinajstić information content (AvgIpc) is 3.39. The van der Waals surface area contributed by atoms with E-state index in [1.54, 1.807) is 11.3 Å². The average molecular weight is 387 g/mol. The van der Waals surface area contributed by atoms with Crippen molar-refractivity contribution in [3.05, 3.63) is 51.7 Å². The summed E-state index contributed by atoms with van der Waals surface area (Å²) in [6.07, 6.45) is 2.38. The zero-order valence-corrected chi connectivity index (χ0v) is 16.8. The molecule has 1 N–H and O–H groups in total. The molecule has 0 aliphatic carbocycles. The number of likely N-dealkylation sites (N-methyl/N-ethyl adjacent to an activating group) is 1. The van der Waals surface area contributed by atoms with Gasteiger partial charge in [-0.05, 0) is 30.5 Å². The zero-order valence-electron chi connectivity index (χ0n) is 15.1. The molecular weight excluding hydrogens is 362 g/mol. The van der Waals surface area contributed by atoms with Gasteiger partial charge in [-0.25, -0.2) is 4.98 Å². The number of carbonyl (C=O) groups excluding carboxylic acids is 1. The minimum Gasteiger partial charge on any atom is -0.332 e. The lowest BCUT2D eigenvalue weighted by molar-refractivity contribution is -0.910. The van der Waals surface area contributed by atoms with Gasteiger partial charge < -0.3 is 9.80 Å². The Labute approximate surface area is 162 Å². The summed E-state index contributed by atoms with van der Waals surface area (Å²) in [6, 6.07) is 13.0. The van der Waals surface area contributed by atoms with Gasteiger partial charge in [-0.3, -0.25) is 4.79 Å². The molecule has 3 aromatic rings. The Hall–Kier alpha value is -1.76. The molecule has 1 saturated heterocycles. The topological polar surface area (TPSA) is 37.6 Å². The molecule has 6 heteroatoms. The lowest BCUT2D eigenvalue weighted by Gasteiger charge is -2.26. The fourth-order valence-corrected chi connectivity index (χ4v) is 5.71. The summed E-state index contributed by atoms with van der Waals surface area (Å²) in [5.74, 6) is 0.204. The lowest BCUT2D eigenvalue weighted by atomic mass is 10.2. The highest BCUT2D eigenvalue weighted by molar-refractivity contribution is 7.18. The molecule has 1 aliphatic heterocycles. The van der Waals surface area contributed by atoms with Gasteiger partial charge in [0.1, 0.15) is 11.0 Å². The molecule has 3 atom stereocenters. The van der Waals surface area contributed by atoms with Crippen molar-refractivity contribution < 1.29 is 9.69 Å². The molecule has 0 bridgehead atoms. The first-order valence-electron chi connectivity index (χ1n) is 9.12. The summed E-state index contributed by atoms with van der Waals surface area (Å²) in [5, 5.41) is 3.14. The summed E-state index contributed by atoms with van der Waals surface area (Å²) < 4.78 is 1.18. The predicted molar refractivity (Wildman–Crippen MR) is 108 cm³/mol. The first-order valence-corrected chi connectivity index (χ1v) is 10.8. The van der Waals surface area contributed by atoms with Crippen LogP contribution in [0.15, 0.2) is 41.8 Å². The van der Waals surface area contributed by atoms with Gasteiger partial charge in [-0.2, -0.15) is 0 Å². The number of hydrogen-bond donors (Lipinski definition) is 1. The van der Waals surface area contributed by atoms with Crippen LogP contribution in [0.5, 0.6) is 0 Å². The van der Waals surface area contributed by atoms with Gasteiger partial charge in [-0.15, -0.1) is 22.7 Å². The lowest BCUT2D eigenvalue weighted by Crippen LogP contribution is -3.11. The predicted octanol–water partition coefficient (Wildman–Crippen LogP) is 3.30. The molecule has 0 spiro atoms. The Morgan fingerprint density at radius 3 is 2.96 bits per heavy atom. The first-order chi connectivity index (χ1) is 12.6. The van der Waals surface area contributed by atoms with Crippen molar-refractivity contribution in [2.45, 2.75) is 31.8 Å². The van der Waals surface area contributed by atoms with Gasteiger partial charge >= 0.3 is 0 Å². The molecule has 1 aromatic carbocycles. The van der Waals surface area contributed by atoms with Gasteiger partial charge in [0.15, 0.2) is 6.54 Å². The van der Waals surface area contributed by atoms with E-state index in [2.05, 4.69) is 30.5 Å². The third-order valence-corrected chi connectivity index (χ3v) is 7.58. The number of hydrogen-bond acceptors (Lipinski definition) is 4. The van der Waals surface area contributed by atoms with Crippen molar-refractivity contribution >= 4 is 38.8 Å². The molecule has 1 aliphatic rings. The number of thiophene rings is 1. The minimum atomic E-state index is 0.00194. The van der Waals surface area contributed by atoms with E-state index >= 15 is 0 Å². The summed E-state index contributed by atoms with van der Waals surface area (Å²) in [4.78, 5) is 22.3. The molecule has 0 radical (unpaired) electrons. The molecule has 0 saturated carbocycles. The maximum Gasteiger partial charge on any atom is 0.278 e. The molecule has 26 heavy (non-hydrogen) atoms. The van der Waals surface area contributed by atoms with Gasteiger partial charge in [0, 0.05) is 19.9 Å². The van der Waals surface area contributed by atoms with E-state index in [1.165, 1.54) is 27.3 Å². The van der Waals surface area contributed by atoms with Crippen LogP contribution in [0, 0.1) is 0 Å². The number of quaternary nitrogens is 1. The third-order valence-electron chi connectivity index (χ3n) is 5.39. The van der Waals surface area contributed by atoms with Crippen LogP contribution in [0.3, 0.4) is 0 Å². The van der Waals surface area contributed by atoms with Gasteiger partial charge in [0.2, 0.25) is 0 Å². The number of amides is 1. The van der Waals surface area contributed by atoms with Crippen molar-refractivity contribution in [1.29, 1.82) is 0 Å². The highest BCUT2D eigenvalue weighted by Crippen LogP contribution is 2.29. The maximum atomic E-state index is 12.9. The SMILES string of the molecule is C[C@@H](c1nc2ccccc2s1)N(C)C(=O)C[NH+]1CCC[C@@H]1c1cccs1. The second kappa shape index (κ2) is 7.47. The zero-order chi connectivity index (χ0) is 18.1. The number of thiazole rings is 1. The Balaban J connectivity index is 1.45. The van der Waals surface area contributed by atoms with Crippen LogP contribution in [0.2, 0.25) is 0 Å². The van der Waals surface area contributed by atoms with Gasteiger partial charge in [0.05, 0.1) is 27.7 Å². The number of carbonyl (C=O) groups is 1. The Kier molecular flexibility index (Phi) is 5.07. The monoisotopic (exact) mass is 386 g/mol. The summed E-state index contributed by atoms with van der Waals surface area (Å²) in [6.45, 7) is 3.72. The number of nitrogens with one attached hydrogen (secondary N) is 1. The second-order valence-electron chi connectivity index (χ2n) is 7.00. The molecular formula is C20H24N3OS2+. The van der Waals surface area contributed by atoms with Crippen LogP contribution in [0.25, 0.3) is 10.2 Å². The number of benzene rings is 1. The Morgan fingerprint density at radius 1 is 1.35 bits per heavy atom. The number of fused-ring (bicyclic) bond motifs is 1. The molecule has 3 heterocycles. The molecule has 4 nitrogen and oxygen atoms in total. The highest BCUT2D eigenvalue weighted by Gasteiger charge is 2.34. The van der Waals surface area contributed by atoms with E-state index in [9.17, 15) is 4.79 Å². The van der Waals surface area contributed by atoms with E-state index in [4.69, 9.17) is 4.98 Å². The van der Waals surface area contributed by atoms with Crippen LogP contribution < -0.4 is 4.90 Å². The largest absolute Gasteiger partial charge is 0.332 e. The van der Waals surface area contributed by atoms with Crippen molar-refractivity contribution in [3.8, 4) is 0 Å². The van der Waals surface area contributed by atoms with Crippen molar-refractivity contribution in [1.82, 2.24) is 9.88 Å². The standard InChI is InChI=1S/C20H23N3OS2/c1-14(20-21-15-7-3-4-9-17(15)26-20)22(2)19(24)13-23-11-5-8-16(23)18-10-6-12-25-18/h3-4,6-7,9-10,12,14,16H,5,8,11,13H2,1-2H3/p+1/t14-,16+/m0/s1. The quantitative estimate of drug-likeness (QED) is 0.731. The van der Waals surface area contributed by atoms with Crippen LogP contribution in [-0.4, -0.2) is 35.9 Å². The summed E-state index contributed by atoms with van der Waals surface area (Å²) in [7, 11) is 1.91. The number of rotatable bonds is 5. The first kappa shape index (κ1) is 17.6. The molecule has 136 valence electrons. The van der Waals surface area contributed by atoms with Crippen LogP contribution in [0.1, 0.15) is 41.7 Å². The van der Waals surface area contributed by atoms with Gasteiger partial charge in [-0.1, -0.05) is 18.2 Å².